The molecule has 7 heteroatoms. The number of amides is 1. The van der Waals surface area contributed by atoms with E-state index >= 15 is 0 Å². The highest BCUT2D eigenvalue weighted by atomic mass is 35.5. The van der Waals surface area contributed by atoms with E-state index in [1.54, 1.807) is 4.90 Å². The molecule has 2 aromatic rings. The minimum Gasteiger partial charge on any atom is -0.444 e. The van der Waals surface area contributed by atoms with Crippen molar-refractivity contribution in [3.63, 3.8) is 0 Å². The molecule has 1 aromatic heterocycles. The number of halogens is 1. The molecular formula is C18H23ClN2O3S. The summed E-state index contributed by atoms with van der Waals surface area (Å²) in [6.07, 6.45) is 1.48. The molecule has 5 nitrogen and oxygen atoms in total. The second-order valence-corrected chi connectivity index (χ2v) is 8.93. The first-order chi connectivity index (χ1) is 11.7. The maximum Gasteiger partial charge on any atom is 0.410 e. The van der Waals surface area contributed by atoms with E-state index in [-0.39, 0.29) is 11.0 Å². The molecule has 0 atom stereocenters. The predicted molar refractivity (Wildman–Crippen MR) is 102 cm³/mol. The summed E-state index contributed by atoms with van der Waals surface area (Å²) in [6.45, 7) is 7.61. The van der Waals surface area contributed by atoms with Gasteiger partial charge in [0.15, 0.2) is 0 Å². The van der Waals surface area contributed by atoms with E-state index in [0.29, 0.717) is 30.6 Å². The van der Waals surface area contributed by atoms with Crippen molar-refractivity contribution >= 4 is 39.2 Å². The summed E-state index contributed by atoms with van der Waals surface area (Å²) in [5, 5.41) is 0.638. The molecule has 1 saturated heterocycles. The Morgan fingerprint density at radius 3 is 2.64 bits per heavy atom. The van der Waals surface area contributed by atoms with E-state index in [1.807, 2.05) is 43.5 Å². The van der Waals surface area contributed by atoms with Crippen LogP contribution in [0.5, 0.6) is 0 Å². The normalized spacial score (nSPS) is 16.4. The molecular weight excluding hydrogens is 360 g/mol. The van der Waals surface area contributed by atoms with Crippen molar-refractivity contribution in [3.8, 4) is 0 Å². The summed E-state index contributed by atoms with van der Waals surface area (Å²) in [4.78, 5) is 26.3. The monoisotopic (exact) mass is 382 g/mol. The standard InChI is InChI=1S/C18H23ClN2O3S/c1-18(2,3)24-16(22)20-8-6-12(7-9-20)11-21-14-10-13(19)4-5-15(14)25-17(21)23/h4-5,10,12H,6-9,11H2,1-3H3. The minimum atomic E-state index is -0.476. The van der Waals surface area contributed by atoms with Gasteiger partial charge in [-0.15, -0.1) is 0 Å². The van der Waals surface area contributed by atoms with E-state index in [0.717, 1.165) is 23.1 Å². The van der Waals surface area contributed by atoms with Gasteiger partial charge in [-0.1, -0.05) is 22.9 Å². The Hall–Kier alpha value is -1.53. The summed E-state index contributed by atoms with van der Waals surface area (Å²) in [5.41, 5.74) is 0.424. The summed E-state index contributed by atoms with van der Waals surface area (Å²) >= 11 is 7.33. The fourth-order valence-corrected chi connectivity index (χ4v) is 4.14. The molecule has 0 N–H and O–H groups in total. The topological polar surface area (TPSA) is 51.5 Å². The number of nitrogens with zero attached hydrogens (tertiary/aromatic N) is 2. The van der Waals surface area contributed by atoms with Gasteiger partial charge in [0.05, 0.1) is 10.2 Å². The van der Waals surface area contributed by atoms with Crippen LogP contribution >= 0.6 is 22.9 Å². The molecule has 1 aromatic carbocycles. The summed E-state index contributed by atoms with van der Waals surface area (Å²) in [7, 11) is 0. The first-order valence-corrected chi connectivity index (χ1v) is 9.69. The van der Waals surface area contributed by atoms with Gasteiger partial charge in [-0.2, -0.15) is 0 Å². The second-order valence-electron chi connectivity index (χ2n) is 7.50. The van der Waals surface area contributed by atoms with Gasteiger partial charge in [0.1, 0.15) is 5.60 Å². The molecule has 0 spiro atoms. The molecule has 25 heavy (non-hydrogen) atoms. The van der Waals surface area contributed by atoms with E-state index in [1.165, 1.54) is 11.3 Å². The highest BCUT2D eigenvalue weighted by molar-refractivity contribution is 7.16. The van der Waals surface area contributed by atoms with E-state index in [4.69, 9.17) is 16.3 Å². The minimum absolute atomic E-state index is 0.0480. The van der Waals surface area contributed by atoms with Crippen LogP contribution in [0.15, 0.2) is 23.0 Å². The van der Waals surface area contributed by atoms with Crippen LogP contribution in [0, 0.1) is 5.92 Å². The zero-order chi connectivity index (χ0) is 18.2. The molecule has 1 amide bonds. The quantitative estimate of drug-likeness (QED) is 0.775. The van der Waals surface area contributed by atoms with Crippen LogP contribution in [-0.2, 0) is 11.3 Å². The zero-order valence-corrected chi connectivity index (χ0v) is 16.3. The van der Waals surface area contributed by atoms with Gasteiger partial charge in [0.25, 0.3) is 0 Å². The largest absolute Gasteiger partial charge is 0.444 e. The lowest BCUT2D eigenvalue weighted by atomic mass is 9.97. The number of hydrogen-bond donors (Lipinski definition) is 0. The van der Waals surface area contributed by atoms with Crippen LogP contribution in [0.1, 0.15) is 33.6 Å². The van der Waals surface area contributed by atoms with Crippen molar-refractivity contribution in [1.29, 1.82) is 0 Å². The van der Waals surface area contributed by atoms with Crippen LogP contribution in [0.2, 0.25) is 5.02 Å². The van der Waals surface area contributed by atoms with E-state index in [2.05, 4.69) is 0 Å². The van der Waals surface area contributed by atoms with Gasteiger partial charge in [-0.3, -0.25) is 9.36 Å². The molecule has 0 saturated carbocycles. The number of rotatable bonds is 2. The van der Waals surface area contributed by atoms with Gasteiger partial charge < -0.3 is 9.64 Å². The molecule has 0 aliphatic carbocycles. The fraction of sp³-hybridized carbons (Fsp3) is 0.556. The molecule has 0 unspecified atom stereocenters. The van der Waals surface area contributed by atoms with Gasteiger partial charge in [0.2, 0.25) is 0 Å². The van der Waals surface area contributed by atoms with Gasteiger partial charge >= 0.3 is 11.0 Å². The number of carbonyl (C=O) groups excluding carboxylic acids is 1. The van der Waals surface area contributed by atoms with Crippen LogP contribution < -0.4 is 4.87 Å². The number of piperidine rings is 1. The van der Waals surface area contributed by atoms with E-state index < -0.39 is 5.60 Å². The summed E-state index contributed by atoms with van der Waals surface area (Å²) < 4.78 is 8.21. The Morgan fingerprint density at radius 1 is 1.32 bits per heavy atom. The molecule has 1 fully saturated rings. The average molecular weight is 383 g/mol. The first kappa shape index (κ1) is 18.3. The third kappa shape index (κ3) is 4.36. The Morgan fingerprint density at radius 2 is 2.00 bits per heavy atom. The van der Waals surface area contributed by atoms with Gasteiger partial charge in [-0.05, 0) is 57.7 Å². The molecule has 1 aliphatic heterocycles. The maximum atomic E-state index is 12.3. The lowest BCUT2D eigenvalue weighted by Crippen LogP contribution is -2.42. The highest BCUT2D eigenvalue weighted by Crippen LogP contribution is 2.25. The molecule has 1 aliphatic rings. The van der Waals surface area contributed by atoms with Crippen LogP contribution in [-0.4, -0.2) is 34.3 Å². The molecule has 0 radical (unpaired) electrons. The van der Waals surface area contributed by atoms with Gasteiger partial charge in [0, 0.05) is 24.7 Å². The Kier molecular flexibility index (Phi) is 5.11. The number of benzene rings is 1. The number of likely N-dealkylation sites (tertiary alicyclic amines) is 1. The summed E-state index contributed by atoms with van der Waals surface area (Å²) in [6, 6.07) is 5.56. The molecule has 3 rings (SSSR count). The zero-order valence-electron chi connectivity index (χ0n) is 14.8. The van der Waals surface area contributed by atoms with Crippen LogP contribution in [0.3, 0.4) is 0 Å². The number of hydrogen-bond acceptors (Lipinski definition) is 4. The second kappa shape index (κ2) is 7.00. The lowest BCUT2D eigenvalue weighted by molar-refractivity contribution is 0.0178. The van der Waals surface area contributed by atoms with Crippen molar-refractivity contribution in [2.75, 3.05) is 13.1 Å². The van der Waals surface area contributed by atoms with Crippen molar-refractivity contribution in [2.24, 2.45) is 5.92 Å². The summed E-state index contributed by atoms with van der Waals surface area (Å²) in [5.74, 6) is 0.369. The van der Waals surface area contributed by atoms with Crippen LogP contribution in [0.25, 0.3) is 10.2 Å². The average Bonchev–Trinajstić information content (AvgIpc) is 2.82. The third-order valence-corrected chi connectivity index (χ3v) is 5.53. The number of aromatic nitrogens is 1. The predicted octanol–water partition coefficient (Wildman–Crippen LogP) is 4.36. The third-order valence-electron chi connectivity index (χ3n) is 4.34. The van der Waals surface area contributed by atoms with Crippen molar-refractivity contribution in [2.45, 2.75) is 45.8 Å². The van der Waals surface area contributed by atoms with Gasteiger partial charge in [-0.25, -0.2) is 4.79 Å². The number of fused-ring (bicyclic) bond motifs is 1. The maximum absolute atomic E-state index is 12.3. The SMILES string of the molecule is CC(C)(C)OC(=O)N1CCC(Cn2c(=O)sc3ccc(Cl)cc32)CC1. The van der Waals surface area contributed by atoms with Crippen LogP contribution in [0.4, 0.5) is 4.79 Å². The number of thiazole rings is 1. The van der Waals surface area contributed by atoms with Crippen molar-refractivity contribution in [3.05, 3.63) is 32.9 Å². The Balaban J connectivity index is 1.65. The Bertz CT molecular complexity index is 829. The fourth-order valence-electron chi connectivity index (χ4n) is 3.09. The number of carbonyl (C=O) groups is 1. The highest BCUT2D eigenvalue weighted by Gasteiger charge is 2.27. The Labute approximate surface area is 156 Å². The van der Waals surface area contributed by atoms with Crippen molar-refractivity contribution < 1.29 is 9.53 Å². The molecule has 2 heterocycles. The smallest absolute Gasteiger partial charge is 0.410 e. The molecule has 0 bridgehead atoms. The van der Waals surface area contributed by atoms with Crippen molar-refractivity contribution in [1.82, 2.24) is 9.47 Å². The number of ether oxygens (including phenoxy) is 1. The lowest BCUT2D eigenvalue weighted by Gasteiger charge is -2.33. The molecule has 136 valence electrons. The first-order valence-electron chi connectivity index (χ1n) is 8.50. The van der Waals surface area contributed by atoms with E-state index in [9.17, 15) is 9.59 Å².